The number of methoxy groups -OCH3 is 1. The van der Waals surface area contributed by atoms with E-state index in [0.29, 0.717) is 23.0 Å². The van der Waals surface area contributed by atoms with Crippen LogP contribution in [0.2, 0.25) is 5.02 Å². The lowest BCUT2D eigenvalue weighted by molar-refractivity contribution is 0.244. The van der Waals surface area contributed by atoms with E-state index >= 15 is 0 Å². The van der Waals surface area contributed by atoms with Gasteiger partial charge in [-0.15, -0.1) is 11.3 Å². The van der Waals surface area contributed by atoms with Crippen molar-refractivity contribution in [3.63, 3.8) is 0 Å². The van der Waals surface area contributed by atoms with Crippen molar-refractivity contribution in [2.24, 2.45) is 0 Å². The van der Waals surface area contributed by atoms with Crippen LogP contribution in [0.15, 0.2) is 35.7 Å². The molecule has 0 aliphatic heterocycles. The minimum atomic E-state index is -0.297. The molecular weight excluding hydrogens is 334 g/mol. The molecule has 2 rings (SSSR count). The van der Waals surface area contributed by atoms with Gasteiger partial charge in [-0.1, -0.05) is 17.7 Å². The summed E-state index contributed by atoms with van der Waals surface area (Å²) >= 11 is 7.63. The fraction of sp³-hybridized carbons (Fsp3) is 0.312. The molecule has 1 aromatic carbocycles. The number of carbonyl (C=O) groups excluding carboxylic acids is 1. The number of urea groups is 1. The number of likely N-dealkylation sites (N-methyl/N-ethyl adjacent to an activating group) is 1. The molecule has 0 radical (unpaired) electrons. The van der Waals surface area contributed by atoms with E-state index in [1.54, 1.807) is 36.6 Å². The van der Waals surface area contributed by atoms with Gasteiger partial charge in [-0.3, -0.25) is 0 Å². The van der Waals surface area contributed by atoms with Gasteiger partial charge in [0.2, 0.25) is 0 Å². The second-order valence-corrected chi connectivity index (χ2v) is 6.59. The van der Waals surface area contributed by atoms with Gasteiger partial charge in [-0.05, 0) is 43.7 Å². The quantitative estimate of drug-likeness (QED) is 0.829. The number of hydrogen-bond acceptors (Lipinski definition) is 4. The molecule has 1 heterocycles. The molecule has 1 aromatic heterocycles. The van der Waals surface area contributed by atoms with Gasteiger partial charge in [0.15, 0.2) is 0 Å². The Morgan fingerprint density at radius 2 is 2.17 bits per heavy atom. The van der Waals surface area contributed by atoms with Gasteiger partial charge < -0.3 is 20.3 Å². The molecule has 5 nitrogen and oxygen atoms in total. The molecule has 124 valence electrons. The number of halogens is 1. The van der Waals surface area contributed by atoms with Gasteiger partial charge in [-0.2, -0.15) is 0 Å². The molecule has 0 fully saturated rings. The number of benzene rings is 1. The Hall–Kier alpha value is -1.76. The van der Waals surface area contributed by atoms with Crippen LogP contribution < -0.4 is 15.4 Å². The summed E-state index contributed by atoms with van der Waals surface area (Å²) in [5, 5.41) is 8.22. The average Bonchev–Trinajstić information content (AvgIpc) is 3.01. The molecule has 0 unspecified atom stereocenters. The molecule has 2 N–H and O–H groups in total. The number of nitrogens with one attached hydrogen (secondary N) is 2. The Kier molecular flexibility index (Phi) is 6.27. The second kappa shape index (κ2) is 8.19. The third kappa shape index (κ3) is 4.86. The molecule has 2 amide bonds. The Morgan fingerprint density at radius 3 is 2.78 bits per heavy atom. The first-order valence-electron chi connectivity index (χ1n) is 7.09. The Bertz CT molecular complexity index is 647. The van der Waals surface area contributed by atoms with Crippen LogP contribution in [-0.4, -0.2) is 38.7 Å². The van der Waals surface area contributed by atoms with Gasteiger partial charge >= 0.3 is 6.03 Å². The van der Waals surface area contributed by atoms with Gasteiger partial charge in [0, 0.05) is 16.4 Å². The first-order valence-corrected chi connectivity index (χ1v) is 8.35. The molecular formula is C16H20ClN3O2S. The Labute approximate surface area is 145 Å². The van der Waals surface area contributed by atoms with E-state index in [9.17, 15) is 4.79 Å². The van der Waals surface area contributed by atoms with E-state index in [1.807, 2.05) is 25.5 Å². The summed E-state index contributed by atoms with van der Waals surface area (Å²) in [6.07, 6.45) is 0. The predicted molar refractivity (Wildman–Crippen MR) is 95.8 cm³/mol. The molecule has 7 heteroatoms. The summed E-state index contributed by atoms with van der Waals surface area (Å²) in [5.74, 6) is 0.562. The van der Waals surface area contributed by atoms with E-state index in [-0.39, 0.29) is 12.1 Å². The van der Waals surface area contributed by atoms with Crippen LogP contribution in [0.25, 0.3) is 0 Å². The number of rotatable bonds is 6. The summed E-state index contributed by atoms with van der Waals surface area (Å²) in [4.78, 5) is 15.4. The van der Waals surface area contributed by atoms with Gasteiger partial charge in [0.25, 0.3) is 0 Å². The zero-order valence-electron chi connectivity index (χ0n) is 13.3. The number of carbonyl (C=O) groups is 1. The van der Waals surface area contributed by atoms with Crippen LogP contribution in [0.1, 0.15) is 10.9 Å². The van der Waals surface area contributed by atoms with Crippen molar-refractivity contribution in [2.75, 3.05) is 33.1 Å². The van der Waals surface area contributed by atoms with E-state index in [2.05, 4.69) is 21.6 Å². The number of hydrogen-bond donors (Lipinski definition) is 2. The Morgan fingerprint density at radius 1 is 1.39 bits per heavy atom. The molecule has 1 atom stereocenters. The van der Waals surface area contributed by atoms with Gasteiger partial charge in [0.05, 0.1) is 18.8 Å². The number of ether oxygens (including phenoxy) is 1. The number of amides is 2. The SMILES string of the molecule is COc1ccc(Cl)cc1NC(=O)NC[C@H](c1cccs1)N(C)C. The minimum absolute atomic E-state index is 0.127. The summed E-state index contributed by atoms with van der Waals surface area (Å²) in [6.45, 7) is 0.502. The largest absolute Gasteiger partial charge is 0.495 e. The van der Waals surface area contributed by atoms with Crippen molar-refractivity contribution in [2.45, 2.75) is 6.04 Å². The normalized spacial score (nSPS) is 12.0. The fourth-order valence-corrected chi connectivity index (χ4v) is 3.25. The third-order valence-electron chi connectivity index (χ3n) is 3.36. The molecule has 0 aliphatic carbocycles. The third-order valence-corrected chi connectivity index (χ3v) is 4.57. The first-order chi connectivity index (χ1) is 11.0. The molecule has 0 saturated heterocycles. The monoisotopic (exact) mass is 353 g/mol. The van der Waals surface area contributed by atoms with Crippen molar-refractivity contribution < 1.29 is 9.53 Å². The lowest BCUT2D eigenvalue weighted by atomic mass is 10.2. The fourth-order valence-electron chi connectivity index (χ4n) is 2.15. The average molecular weight is 354 g/mol. The second-order valence-electron chi connectivity index (χ2n) is 5.17. The summed E-state index contributed by atoms with van der Waals surface area (Å²) in [6, 6.07) is 8.98. The van der Waals surface area contributed by atoms with Crippen molar-refractivity contribution in [3.05, 3.63) is 45.6 Å². The van der Waals surface area contributed by atoms with Crippen molar-refractivity contribution >= 4 is 34.7 Å². The molecule has 23 heavy (non-hydrogen) atoms. The lowest BCUT2D eigenvalue weighted by Crippen LogP contribution is -2.36. The summed E-state index contributed by atoms with van der Waals surface area (Å²) in [7, 11) is 5.53. The maximum atomic E-state index is 12.2. The van der Waals surface area contributed by atoms with E-state index < -0.39 is 0 Å². The van der Waals surface area contributed by atoms with E-state index in [1.165, 1.54) is 4.88 Å². The first kappa shape index (κ1) is 17.6. The zero-order chi connectivity index (χ0) is 16.8. The highest BCUT2D eigenvalue weighted by Gasteiger charge is 2.16. The molecule has 0 saturated carbocycles. The van der Waals surface area contributed by atoms with Crippen LogP contribution >= 0.6 is 22.9 Å². The van der Waals surface area contributed by atoms with E-state index in [4.69, 9.17) is 16.3 Å². The minimum Gasteiger partial charge on any atom is -0.495 e. The number of nitrogens with zero attached hydrogens (tertiary/aromatic N) is 1. The highest BCUT2D eigenvalue weighted by atomic mass is 35.5. The molecule has 0 aliphatic rings. The zero-order valence-corrected chi connectivity index (χ0v) is 14.9. The topological polar surface area (TPSA) is 53.6 Å². The van der Waals surface area contributed by atoms with Crippen LogP contribution in [0.3, 0.4) is 0 Å². The predicted octanol–water partition coefficient (Wildman–Crippen LogP) is 3.83. The highest BCUT2D eigenvalue weighted by molar-refractivity contribution is 7.10. The number of thiophene rings is 1. The molecule has 2 aromatic rings. The van der Waals surface area contributed by atoms with Gasteiger partial charge in [-0.25, -0.2) is 4.79 Å². The smallest absolute Gasteiger partial charge is 0.319 e. The van der Waals surface area contributed by atoms with Gasteiger partial charge in [0.1, 0.15) is 5.75 Å². The standard InChI is InChI=1S/C16H20ClN3O2S/c1-20(2)13(15-5-4-8-23-15)10-18-16(21)19-12-9-11(17)6-7-14(12)22-3/h4-9,13H,10H2,1-3H3,(H2,18,19,21)/t13-/m1/s1. The summed E-state index contributed by atoms with van der Waals surface area (Å²) < 4.78 is 5.22. The number of anilines is 1. The van der Waals surface area contributed by atoms with Crippen LogP contribution in [0, 0.1) is 0 Å². The van der Waals surface area contributed by atoms with Crippen molar-refractivity contribution in [1.29, 1.82) is 0 Å². The molecule has 0 bridgehead atoms. The maximum absolute atomic E-state index is 12.2. The lowest BCUT2D eigenvalue weighted by Gasteiger charge is -2.23. The summed E-state index contributed by atoms with van der Waals surface area (Å²) in [5.41, 5.74) is 0.537. The van der Waals surface area contributed by atoms with Crippen LogP contribution in [0.4, 0.5) is 10.5 Å². The highest BCUT2D eigenvalue weighted by Crippen LogP contribution is 2.27. The van der Waals surface area contributed by atoms with E-state index in [0.717, 1.165) is 0 Å². The maximum Gasteiger partial charge on any atom is 0.319 e. The molecule has 0 spiro atoms. The van der Waals surface area contributed by atoms with Crippen LogP contribution in [0.5, 0.6) is 5.75 Å². The van der Waals surface area contributed by atoms with Crippen LogP contribution in [-0.2, 0) is 0 Å². The van der Waals surface area contributed by atoms with Crippen molar-refractivity contribution in [1.82, 2.24) is 10.2 Å². The van der Waals surface area contributed by atoms with Crippen molar-refractivity contribution in [3.8, 4) is 5.75 Å². The Balaban J connectivity index is 1.98.